The van der Waals surface area contributed by atoms with Crippen molar-refractivity contribution in [1.29, 1.82) is 0 Å². The minimum atomic E-state index is -4.45. The first-order valence-electron chi connectivity index (χ1n) is 8.14. The van der Waals surface area contributed by atoms with Crippen molar-refractivity contribution >= 4 is 29.4 Å². The molecule has 2 aromatic rings. The Labute approximate surface area is 159 Å². The van der Waals surface area contributed by atoms with E-state index in [-0.39, 0.29) is 17.6 Å². The summed E-state index contributed by atoms with van der Waals surface area (Å²) < 4.78 is 45.4. The molecule has 0 unspecified atom stereocenters. The van der Waals surface area contributed by atoms with Crippen molar-refractivity contribution in [2.45, 2.75) is 18.3 Å². The lowest BCUT2D eigenvalue weighted by Gasteiger charge is -2.23. The molecule has 27 heavy (non-hydrogen) atoms. The van der Waals surface area contributed by atoms with E-state index in [1.54, 1.807) is 24.3 Å². The van der Waals surface area contributed by atoms with E-state index in [9.17, 15) is 13.2 Å². The van der Waals surface area contributed by atoms with Gasteiger partial charge in [-0.3, -0.25) is 0 Å². The van der Waals surface area contributed by atoms with E-state index in [0.29, 0.717) is 17.3 Å². The lowest BCUT2D eigenvalue weighted by molar-refractivity contribution is -0.144. The summed E-state index contributed by atoms with van der Waals surface area (Å²) in [6.07, 6.45) is -0.804. The number of halogens is 4. The Morgan fingerprint density at radius 1 is 1.15 bits per heavy atom. The van der Waals surface area contributed by atoms with Gasteiger partial charge in [0.15, 0.2) is 0 Å². The second kappa shape index (κ2) is 7.92. The summed E-state index contributed by atoms with van der Waals surface area (Å²) in [7, 11) is 0. The van der Waals surface area contributed by atoms with Crippen molar-refractivity contribution in [1.82, 2.24) is 0 Å². The van der Waals surface area contributed by atoms with Crippen LogP contribution < -0.4 is 11.1 Å². The number of aliphatic imine (C=N–C) groups is 1. The van der Waals surface area contributed by atoms with E-state index in [4.69, 9.17) is 22.1 Å². The second-order valence-electron chi connectivity index (χ2n) is 6.00. The molecule has 142 valence electrons. The third-order valence-corrected chi connectivity index (χ3v) is 4.21. The number of ether oxygens (including phenoxy) is 1. The minimum absolute atomic E-state index is 0.0903. The summed E-state index contributed by atoms with van der Waals surface area (Å²) in [4.78, 5) is 4.07. The average molecular weight is 396 g/mol. The van der Waals surface area contributed by atoms with Crippen molar-refractivity contribution in [2.24, 2.45) is 10.7 Å². The zero-order valence-corrected chi connectivity index (χ0v) is 14.8. The Balaban J connectivity index is 1.71. The normalized spacial score (nSPS) is 18.2. The monoisotopic (exact) mass is 395 g/mol. The van der Waals surface area contributed by atoms with Gasteiger partial charge in [-0.15, -0.1) is 0 Å². The standard InChI is InChI=1S/C19H17ClF3N3O/c20-14-6-4-13(5-7-14)17(19(21,22)23)25-15-8-1-12(2-9-15)3-10-16-11-27-18(24)26-16/h1-10,16-17,25H,11H2,(H2,24,26)/t16-,17-/m0/s1. The van der Waals surface area contributed by atoms with Crippen molar-refractivity contribution in [2.75, 3.05) is 11.9 Å². The van der Waals surface area contributed by atoms with Crippen molar-refractivity contribution in [3.63, 3.8) is 0 Å². The predicted molar refractivity (Wildman–Crippen MR) is 101 cm³/mol. The van der Waals surface area contributed by atoms with Crippen LogP contribution in [-0.2, 0) is 4.74 Å². The van der Waals surface area contributed by atoms with Gasteiger partial charge < -0.3 is 15.8 Å². The van der Waals surface area contributed by atoms with Crippen LogP contribution in [0, 0.1) is 0 Å². The fourth-order valence-electron chi connectivity index (χ4n) is 2.60. The molecule has 1 aliphatic heterocycles. The topological polar surface area (TPSA) is 59.6 Å². The summed E-state index contributed by atoms with van der Waals surface area (Å²) in [5, 5.41) is 2.92. The molecule has 0 amide bonds. The molecule has 2 aromatic carbocycles. The maximum absolute atomic E-state index is 13.5. The first-order valence-corrected chi connectivity index (χ1v) is 8.52. The van der Waals surface area contributed by atoms with Crippen molar-refractivity contribution in [3.8, 4) is 0 Å². The molecular formula is C19H17ClF3N3O. The van der Waals surface area contributed by atoms with Crippen LogP contribution in [0.25, 0.3) is 6.08 Å². The molecule has 0 saturated heterocycles. The van der Waals surface area contributed by atoms with Gasteiger partial charge in [-0.05, 0) is 35.4 Å². The SMILES string of the molecule is NC1=N[C@@H](C=Cc2ccc(N[C@@H](c3ccc(Cl)cc3)C(F)(F)F)cc2)CO1. The fourth-order valence-corrected chi connectivity index (χ4v) is 2.72. The molecule has 0 spiro atoms. The highest BCUT2D eigenvalue weighted by Crippen LogP contribution is 2.36. The molecule has 0 saturated carbocycles. The molecule has 8 heteroatoms. The van der Waals surface area contributed by atoms with E-state index >= 15 is 0 Å². The van der Waals surface area contributed by atoms with Crippen LogP contribution in [0.1, 0.15) is 17.2 Å². The minimum Gasteiger partial charge on any atom is -0.463 e. The van der Waals surface area contributed by atoms with Gasteiger partial charge in [0.05, 0.1) is 0 Å². The predicted octanol–water partition coefficient (Wildman–Crippen LogP) is 4.78. The largest absolute Gasteiger partial charge is 0.463 e. The lowest BCUT2D eigenvalue weighted by Crippen LogP contribution is -2.27. The number of nitrogens with one attached hydrogen (secondary N) is 1. The highest BCUT2D eigenvalue weighted by molar-refractivity contribution is 6.30. The van der Waals surface area contributed by atoms with Crippen molar-refractivity contribution in [3.05, 3.63) is 70.8 Å². The summed E-state index contributed by atoms with van der Waals surface area (Å²) in [6.45, 7) is 0.385. The Morgan fingerprint density at radius 3 is 2.37 bits per heavy atom. The first-order chi connectivity index (χ1) is 12.8. The van der Waals surface area contributed by atoms with Gasteiger partial charge in [0, 0.05) is 10.7 Å². The summed E-state index contributed by atoms with van der Waals surface area (Å²) >= 11 is 5.76. The number of anilines is 1. The van der Waals surface area contributed by atoms with E-state index in [0.717, 1.165) is 5.56 Å². The molecule has 1 aliphatic rings. The number of alkyl halides is 3. The van der Waals surface area contributed by atoms with Gasteiger partial charge >= 0.3 is 6.18 Å². The molecule has 0 fully saturated rings. The number of nitrogens with zero attached hydrogens (tertiary/aromatic N) is 1. The maximum atomic E-state index is 13.5. The molecule has 1 heterocycles. The van der Waals surface area contributed by atoms with Crippen LogP contribution in [0.15, 0.2) is 59.6 Å². The molecule has 0 radical (unpaired) electrons. The number of benzene rings is 2. The highest BCUT2D eigenvalue weighted by atomic mass is 35.5. The fraction of sp³-hybridized carbons (Fsp3) is 0.211. The molecule has 4 nitrogen and oxygen atoms in total. The van der Waals surface area contributed by atoms with Gasteiger partial charge in [-0.2, -0.15) is 13.2 Å². The number of rotatable bonds is 5. The Bertz CT molecular complexity index is 833. The lowest BCUT2D eigenvalue weighted by atomic mass is 10.1. The van der Waals surface area contributed by atoms with E-state index in [2.05, 4.69) is 10.3 Å². The van der Waals surface area contributed by atoms with Crippen molar-refractivity contribution < 1.29 is 17.9 Å². The maximum Gasteiger partial charge on any atom is 0.412 e. The Morgan fingerprint density at radius 2 is 1.81 bits per heavy atom. The summed E-state index contributed by atoms with van der Waals surface area (Å²) in [5.41, 5.74) is 6.72. The Kier molecular flexibility index (Phi) is 5.60. The van der Waals surface area contributed by atoms with E-state index < -0.39 is 12.2 Å². The third kappa shape index (κ3) is 5.17. The van der Waals surface area contributed by atoms with Gasteiger partial charge in [-0.25, -0.2) is 4.99 Å². The van der Waals surface area contributed by atoms with Gasteiger partial charge in [0.1, 0.15) is 18.7 Å². The molecule has 2 atom stereocenters. The molecule has 0 bridgehead atoms. The number of amidine groups is 1. The zero-order chi connectivity index (χ0) is 19.4. The van der Waals surface area contributed by atoms with Gasteiger partial charge in [0.2, 0.25) is 0 Å². The number of hydrogen-bond acceptors (Lipinski definition) is 4. The second-order valence-corrected chi connectivity index (χ2v) is 6.43. The molecule has 3 N–H and O–H groups in total. The summed E-state index contributed by atoms with van der Waals surface area (Å²) in [6, 6.07) is 10.4. The van der Waals surface area contributed by atoms with Gasteiger partial charge in [0.25, 0.3) is 6.02 Å². The van der Waals surface area contributed by atoms with E-state index in [1.807, 2.05) is 12.2 Å². The van der Waals surface area contributed by atoms with Crippen LogP contribution in [0.4, 0.5) is 18.9 Å². The zero-order valence-electron chi connectivity index (χ0n) is 14.1. The molecule has 0 aliphatic carbocycles. The first kappa shape index (κ1) is 19.1. The van der Waals surface area contributed by atoms with Crippen LogP contribution in [0.5, 0.6) is 0 Å². The molecule has 3 rings (SSSR count). The van der Waals surface area contributed by atoms with E-state index in [1.165, 1.54) is 24.3 Å². The van der Waals surface area contributed by atoms with Crippen LogP contribution in [0.2, 0.25) is 5.02 Å². The smallest absolute Gasteiger partial charge is 0.412 e. The quantitative estimate of drug-likeness (QED) is 0.765. The molecular weight excluding hydrogens is 379 g/mol. The molecule has 0 aromatic heterocycles. The number of hydrogen-bond donors (Lipinski definition) is 2. The summed E-state index contributed by atoms with van der Waals surface area (Å²) in [5.74, 6) is 0. The highest BCUT2D eigenvalue weighted by Gasteiger charge is 2.40. The van der Waals surface area contributed by atoms with Crippen LogP contribution in [0.3, 0.4) is 0 Å². The third-order valence-electron chi connectivity index (χ3n) is 3.96. The Hall–Kier alpha value is -2.67. The number of nitrogens with two attached hydrogens (primary N) is 1. The van der Waals surface area contributed by atoms with Gasteiger partial charge in [-0.1, -0.05) is 48.0 Å². The van der Waals surface area contributed by atoms with Crippen LogP contribution in [-0.4, -0.2) is 24.8 Å². The van der Waals surface area contributed by atoms with Crippen LogP contribution >= 0.6 is 11.6 Å². The average Bonchev–Trinajstić information content (AvgIpc) is 3.04.